The van der Waals surface area contributed by atoms with Gasteiger partial charge in [0.15, 0.2) is 11.5 Å². The van der Waals surface area contributed by atoms with E-state index in [1.54, 1.807) is 22.8 Å². The molecule has 29 heavy (non-hydrogen) atoms. The Morgan fingerprint density at radius 2 is 1.76 bits per heavy atom. The highest BCUT2D eigenvalue weighted by Crippen LogP contribution is 2.36. The van der Waals surface area contributed by atoms with Crippen LogP contribution in [0.5, 0.6) is 0 Å². The Labute approximate surface area is 170 Å². The zero-order chi connectivity index (χ0) is 20.4. The molecule has 0 aliphatic carbocycles. The number of hydrogen-bond donors (Lipinski definition) is 0. The third-order valence-corrected chi connectivity index (χ3v) is 5.42. The molecule has 2 amide bonds. The minimum atomic E-state index is -0.330. The van der Waals surface area contributed by atoms with Crippen LogP contribution in [0.15, 0.2) is 36.4 Å². The topological polar surface area (TPSA) is 78.9 Å². The second-order valence-corrected chi connectivity index (χ2v) is 7.31. The molecule has 4 rings (SSSR count). The molecule has 1 unspecified atom stereocenters. The van der Waals surface area contributed by atoms with Crippen LogP contribution in [-0.4, -0.2) is 70.8 Å². The molecule has 2 aliphatic heterocycles. The first-order valence-corrected chi connectivity index (χ1v) is 10.0. The predicted octanol–water partition coefficient (Wildman–Crippen LogP) is 2.47. The van der Waals surface area contributed by atoms with Gasteiger partial charge in [0.2, 0.25) is 0 Å². The second kappa shape index (κ2) is 8.06. The second-order valence-electron chi connectivity index (χ2n) is 7.31. The van der Waals surface area contributed by atoms with Crippen LogP contribution in [0.1, 0.15) is 29.9 Å². The van der Waals surface area contributed by atoms with E-state index in [9.17, 15) is 9.59 Å². The van der Waals surface area contributed by atoms with Gasteiger partial charge in [-0.2, -0.15) is 0 Å². The van der Waals surface area contributed by atoms with E-state index in [-0.39, 0.29) is 12.0 Å². The van der Waals surface area contributed by atoms with Gasteiger partial charge < -0.3 is 19.4 Å². The molecule has 0 radical (unpaired) electrons. The van der Waals surface area contributed by atoms with E-state index < -0.39 is 0 Å². The van der Waals surface area contributed by atoms with Gasteiger partial charge in [-0.05, 0) is 44.0 Å². The van der Waals surface area contributed by atoms with Crippen molar-refractivity contribution >= 4 is 23.5 Å². The fourth-order valence-corrected chi connectivity index (χ4v) is 3.95. The summed E-state index contributed by atoms with van der Waals surface area (Å²) < 4.78 is 5.01. The Kier molecular flexibility index (Phi) is 5.33. The van der Waals surface area contributed by atoms with Crippen molar-refractivity contribution in [2.75, 3.05) is 37.7 Å². The van der Waals surface area contributed by atoms with Crippen molar-refractivity contribution in [1.29, 1.82) is 0 Å². The van der Waals surface area contributed by atoms with Gasteiger partial charge in [0, 0.05) is 37.9 Å². The van der Waals surface area contributed by atoms with E-state index in [1.807, 2.05) is 18.2 Å². The van der Waals surface area contributed by atoms with Gasteiger partial charge in [-0.1, -0.05) is 18.2 Å². The quantitative estimate of drug-likeness (QED) is 0.794. The van der Waals surface area contributed by atoms with Crippen LogP contribution in [0.4, 0.5) is 16.3 Å². The number of rotatable bonds is 3. The van der Waals surface area contributed by atoms with Gasteiger partial charge in [-0.15, -0.1) is 10.2 Å². The Morgan fingerprint density at radius 1 is 1.03 bits per heavy atom. The maximum absolute atomic E-state index is 12.8. The molecule has 1 saturated heterocycles. The lowest BCUT2D eigenvalue weighted by atomic mass is 10.1. The molecule has 152 valence electrons. The van der Waals surface area contributed by atoms with Gasteiger partial charge in [-0.3, -0.25) is 4.79 Å². The molecular formula is C21H25N5O3. The number of para-hydroxylation sites is 1. The lowest BCUT2D eigenvalue weighted by molar-refractivity contribution is 0.0565. The summed E-state index contributed by atoms with van der Waals surface area (Å²) in [7, 11) is 0. The fourth-order valence-electron chi connectivity index (χ4n) is 3.95. The molecule has 0 N–H and O–H groups in total. The number of piperazine rings is 1. The Bertz CT molecular complexity index is 893. The summed E-state index contributed by atoms with van der Waals surface area (Å²) in [5.41, 5.74) is 2.75. The zero-order valence-corrected chi connectivity index (χ0v) is 16.7. The standard InChI is InChI=1S/C21H25N5O3/c1-3-29-21(28)25-12-10-24(11-13-25)20(27)17-8-9-19(23-22-17)26-15(2)14-16-6-4-5-7-18(16)26/h4-9,15H,3,10-14H2,1-2H3. The van der Waals surface area contributed by atoms with Gasteiger partial charge >= 0.3 is 6.09 Å². The number of hydrogen-bond acceptors (Lipinski definition) is 6. The molecule has 1 fully saturated rings. The third kappa shape index (κ3) is 3.74. The number of carbonyl (C=O) groups is 2. The van der Waals surface area contributed by atoms with Crippen LogP contribution in [0.3, 0.4) is 0 Å². The predicted molar refractivity (Wildman–Crippen MR) is 108 cm³/mol. The van der Waals surface area contributed by atoms with E-state index in [0.717, 1.165) is 17.9 Å². The lowest BCUT2D eigenvalue weighted by Crippen LogP contribution is -2.50. The van der Waals surface area contributed by atoms with Crippen molar-refractivity contribution < 1.29 is 14.3 Å². The Morgan fingerprint density at radius 3 is 2.45 bits per heavy atom. The molecule has 2 aliphatic rings. The fraction of sp³-hybridized carbons (Fsp3) is 0.429. The molecule has 1 atom stereocenters. The summed E-state index contributed by atoms with van der Waals surface area (Å²) in [5, 5.41) is 8.54. The minimum Gasteiger partial charge on any atom is -0.450 e. The van der Waals surface area contributed by atoms with E-state index in [2.05, 4.69) is 34.2 Å². The van der Waals surface area contributed by atoms with Crippen LogP contribution in [0.2, 0.25) is 0 Å². The average Bonchev–Trinajstić information content (AvgIpc) is 3.09. The average molecular weight is 395 g/mol. The molecular weight excluding hydrogens is 370 g/mol. The highest BCUT2D eigenvalue weighted by Gasteiger charge is 2.29. The number of fused-ring (bicyclic) bond motifs is 1. The molecule has 0 spiro atoms. The molecule has 8 nitrogen and oxygen atoms in total. The zero-order valence-electron chi connectivity index (χ0n) is 16.7. The number of ether oxygens (including phenoxy) is 1. The number of aromatic nitrogens is 2. The smallest absolute Gasteiger partial charge is 0.409 e. The summed E-state index contributed by atoms with van der Waals surface area (Å²) >= 11 is 0. The van der Waals surface area contributed by atoms with Crippen LogP contribution in [0.25, 0.3) is 0 Å². The highest BCUT2D eigenvalue weighted by molar-refractivity contribution is 5.92. The largest absolute Gasteiger partial charge is 0.450 e. The Balaban J connectivity index is 1.42. The number of anilines is 2. The Hall–Kier alpha value is -3.16. The van der Waals surface area contributed by atoms with Crippen molar-refractivity contribution in [3.63, 3.8) is 0 Å². The van der Waals surface area contributed by atoms with Gasteiger partial charge in [0.25, 0.3) is 5.91 Å². The van der Waals surface area contributed by atoms with Crippen LogP contribution in [-0.2, 0) is 11.2 Å². The summed E-state index contributed by atoms with van der Waals surface area (Å²) in [5.74, 6) is 0.577. The van der Waals surface area contributed by atoms with E-state index in [1.165, 1.54) is 5.56 Å². The van der Waals surface area contributed by atoms with Gasteiger partial charge in [0.05, 0.1) is 6.61 Å². The summed E-state index contributed by atoms with van der Waals surface area (Å²) in [6, 6.07) is 12.2. The van der Waals surface area contributed by atoms with Crippen LogP contribution in [0, 0.1) is 0 Å². The lowest BCUT2D eigenvalue weighted by Gasteiger charge is -2.33. The summed E-state index contributed by atoms with van der Waals surface area (Å²) in [6.07, 6.45) is 0.632. The molecule has 3 heterocycles. The number of benzene rings is 1. The highest BCUT2D eigenvalue weighted by atomic mass is 16.6. The van der Waals surface area contributed by atoms with Gasteiger partial charge in [0.1, 0.15) is 0 Å². The SMILES string of the molecule is CCOC(=O)N1CCN(C(=O)c2ccc(N3c4ccccc4CC3C)nn2)CC1. The van der Waals surface area contributed by atoms with Gasteiger partial charge in [-0.25, -0.2) is 4.79 Å². The van der Waals surface area contributed by atoms with Crippen molar-refractivity contribution in [3.8, 4) is 0 Å². The molecule has 2 aromatic rings. The van der Waals surface area contributed by atoms with E-state index >= 15 is 0 Å². The maximum Gasteiger partial charge on any atom is 0.409 e. The summed E-state index contributed by atoms with van der Waals surface area (Å²) in [6.45, 7) is 6.11. The van der Waals surface area contributed by atoms with E-state index in [0.29, 0.717) is 44.5 Å². The van der Waals surface area contributed by atoms with Crippen LogP contribution < -0.4 is 4.90 Å². The van der Waals surface area contributed by atoms with Crippen molar-refractivity contribution in [1.82, 2.24) is 20.0 Å². The van der Waals surface area contributed by atoms with Crippen molar-refractivity contribution in [2.24, 2.45) is 0 Å². The molecule has 1 aromatic heterocycles. The number of carbonyl (C=O) groups excluding carboxylic acids is 2. The first kappa shape index (κ1) is 19.2. The molecule has 1 aromatic carbocycles. The minimum absolute atomic E-state index is 0.164. The van der Waals surface area contributed by atoms with Crippen molar-refractivity contribution in [3.05, 3.63) is 47.7 Å². The van der Waals surface area contributed by atoms with E-state index in [4.69, 9.17) is 4.74 Å². The molecule has 8 heteroatoms. The maximum atomic E-state index is 12.8. The molecule has 0 saturated carbocycles. The first-order chi connectivity index (χ1) is 14.1. The van der Waals surface area contributed by atoms with Crippen molar-refractivity contribution in [2.45, 2.75) is 26.3 Å². The normalized spacial score (nSPS) is 18.6. The number of amides is 2. The monoisotopic (exact) mass is 395 g/mol. The number of nitrogens with zero attached hydrogens (tertiary/aromatic N) is 5. The third-order valence-electron chi connectivity index (χ3n) is 5.42. The first-order valence-electron chi connectivity index (χ1n) is 10.0. The molecule has 0 bridgehead atoms. The summed E-state index contributed by atoms with van der Waals surface area (Å²) in [4.78, 5) is 30.1. The van der Waals surface area contributed by atoms with Crippen LogP contribution >= 0.6 is 0 Å².